The van der Waals surface area contributed by atoms with Crippen molar-refractivity contribution in [3.05, 3.63) is 112 Å². The molecule has 1 aliphatic rings. The highest BCUT2D eigenvalue weighted by Gasteiger charge is 2.38. The molecule has 1 aliphatic carbocycles. The van der Waals surface area contributed by atoms with Crippen LogP contribution in [0.25, 0.3) is 16.7 Å². The molecule has 0 atom stereocenters. The van der Waals surface area contributed by atoms with Gasteiger partial charge in [-0.15, -0.1) is 11.3 Å². The number of Topliss-reactive ketones (excluding diaryl/α,β-unsaturated/α-hetero) is 1. The van der Waals surface area contributed by atoms with E-state index in [4.69, 9.17) is 0 Å². The Bertz CT molecular complexity index is 1570. The molecule has 0 saturated carbocycles. The second-order valence-electron chi connectivity index (χ2n) is 10.1. The summed E-state index contributed by atoms with van der Waals surface area (Å²) in [6.07, 6.45) is 0.535. The molecule has 3 aromatic carbocycles. The fraction of sp³-hybridized carbons (Fsp3) is 0.161. The maximum atomic E-state index is 14.9. The molecule has 0 saturated heterocycles. The number of nitrogens with one attached hydrogen (secondary N) is 1. The molecule has 5 rings (SSSR count). The fourth-order valence-electron chi connectivity index (χ4n) is 4.80. The molecule has 38 heavy (non-hydrogen) atoms. The van der Waals surface area contributed by atoms with Crippen LogP contribution >= 0.6 is 11.3 Å². The molecule has 0 spiro atoms. The van der Waals surface area contributed by atoms with Gasteiger partial charge >= 0.3 is 0 Å². The number of hydrogen-bond acceptors (Lipinski definition) is 5. The second-order valence-corrected chi connectivity index (χ2v) is 11.1. The van der Waals surface area contributed by atoms with Gasteiger partial charge in [0.05, 0.1) is 21.6 Å². The minimum atomic E-state index is -0.982. The molecule has 192 valence electrons. The average Bonchev–Trinajstić information content (AvgIpc) is 3.22. The van der Waals surface area contributed by atoms with Crippen LogP contribution in [-0.2, 0) is 4.79 Å². The van der Waals surface area contributed by atoms with Crippen molar-refractivity contribution < 1.29 is 23.5 Å². The van der Waals surface area contributed by atoms with Gasteiger partial charge in [0.15, 0.2) is 11.6 Å². The first kappa shape index (κ1) is 25.5. The monoisotopic (exact) mass is 529 g/mol. The maximum absolute atomic E-state index is 14.9. The average molecular weight is 530 g/mol. The van der Waals surface area contributed by atoms with Crippen molar-refractivity contribution >= 4 is 39.2 Å². The summed E-state index contributed by atoms with van der Waals surface area (Å²) < 4.78 is 28.6. The Morgan fingerprint density at radius 1 is 0.947 bits per heavy atom. The van der Waals surface area contributed by atoms with Crippen LogP contribution in [0.4, 0.5) is 19.5 Å². The molecule has 4 aromatic rings. The molecule has 0 bridgehead atoms. The maximum Gasteiger partial charge on any atom is 0.199 e. The molecule has 0 fully saturated rings. The summed E-state index contributed by atoms with van der Waals surface area (Å²) in [5.41, 5.74) is 1.34. The lowest BCUT2D eigenvalue weighted by molar-refractivity contribution is -0.116. The Labute approximate surface area is 223 Å². The summed E-state index contributed by atoms with van der Waals surface area (Å²) in [6.45, 7) is 3.83. The van der Waals surface area contributed by atoms with E-state index < -0.39 is 22.8 Å². The number of thiophene rings is 1. The molecule has 1 aromatic heterocycles. The van der Waals surface area contributed by atoms with Gasteiger partial charge in [-0.3, -0.25) is 9.59 Å². The Hall–Kier alpha value is -4.10. The summed E-state index contributed by atoms with van der Waals surface area (Å²) in [5.74, 6) is -2.70. The number of carbonyl (C=O) groups is 2. The van der Waals surface area contributed by atoms with E-state index in [9.17, 15) is 23.5 Å². The highest BCUT2D eigenvalue weighted by Crippen LogP contribution is 2.49. The zero-order valence-corrected chi connectivity index (χ0v) is 21.7. The van der Waals surface area contributed by atoms with E-state index in [0.29, 0.717) is 39.2 Å². The van der Waals surface area contributed by atoms with E-state index in [1.165, 1.54) is 0 Å². The summed E-state index contributed by atoms with van der Waals surface area (Å²) >= 11 is 1.15. The number of aliphatic hydroxyl groups is 1. The van der Waals surface area contributed by atoms with Gasteiger partial charge < -0.3 is 10.4 Å². The molecular formula is C31H25F2NO3S. The van der Waals surface area contributed by atoms with Crippen LogP contribution in [0.15, 0.2) is 84.6 Å². The number of carbonyl (C=O) groups excluding carboxylic acids is 2. The molecule has 2 N–H and O–H groups in total. The molecule has 7 heteroatoms. The standard InChI is InChI=1S/C31H25F2NO3S/c1-31(2)16-23(35)26(24(36)17-31)29-25(18-9-5-3-6-10-18)27(28(37)21-14-13-19(32)15-22(21)33)30(38-29)34-20-11-7-4-8-12-20/h3-15,34-35H,16-17H2,1-2H3. The van der Waals surface area contributed by atoms with Crippen molar-refractivity contribution in [3.8, 4) is 11.1 Å². The van der Waals surface area contributed by atoms with Gasteiger partial charge in [0.1, 0.15) is 22.4 Å². The number of anilines is 2. The first-order valence-corrected chi connectivity index (χ1v) is 13.0. The van der Waals surface area contributed by atoms with E-state index >= 15 is 0 Å². The molecule has 0 radical (unpaired) electrons. The molecule has 4 nitrogen and oxygen atoms in total. The molecule has 0 aliphatic heterocycles. The van der Waals surface area contributed by atoms with E-state index in [1.807, 2.05) is 50.2 Å². The van der Waals surface area contributed by atoms with Gasteiger partial charge in [-0.05, 0) is 35.2 Å². The number of halogens is 2. The Balaban J connectivity index is 1.81. The van der Waals surface area contributed by atoms with Crippen LogP contribution in [-0.4, -0.2) is 16.7 Å². The van der Waals surface area contributed by atoms with E-state index in [0.717, 1.165) is 23.5 Å². The Morgan fingerprint density at radius 2 is 1.61 bits per heavy atom. The van der Waals surface area contributed by atoms with Gasteiger partial charge in [-0.2, -0.15) is 0 Å². The number of aliphatic hydroxyl groups excluding tert-OH is 1. The largest absolute Gasteiger partial charge is 0.511 e. The molecular weight excluding hydrogens is 504 g/mol. The molecule has 0 unspecified atom stereocenters. The van der Waals surface area contributed by atoms with Crippen LogP contribution in [0, 0.1) is 17.0 Å². The quantitative estimate of drug-likeness (QED) is 0.247. The first-order valence-electron chi connectivity index (χ1n) is 12.1. The first-order chi connectivity index (χ1) is 18.1. The number of para-hydroxylation sites is 1. The lowest BCUT2D eigenvalue weighted by Crippen LogP contribution is -2.25. The summed E-state index contributed by atoms with van der Waals surface area (Å²) in [5, 5.41) is 14.7. The highest BCUT2D eigenvalue weighted by molar-refractivity contribution is 7.18. The zero-order valence-electron chi connectivity index (χ0n) is 20.8. The number of rotatable bonds is 6. The molecule has 1 heterocycles. The third-order valence-electron chi connectivity index (χ3n) is 6.48. The van der Waals surface area contributed by atoms with Crippen molar-refractivity contribution in [2.75, 3.05) is 5.32 Å². The SMILES string of the molecule is CC1(C)CC(=O)C(c2sc(Nc3ccccc3)c(C(=O)c3ccc(F)cc3F)c2-c2ccccc2)=C(O)C1. The van der Waals surface area contributed by atoms with Gasteiger partial charge in [0.2, 0.25) is 0 Å². The predicted octanol–water partition coefficient (Wildman–Crippen LogP) is 8.33. The predicted molar refractivity (Wildman–Crippen MR) is 147 cm³/mol. The van der Waals surface area contributed by atoms with Crippen LogP contribution < -0.4 is 5.32 Å². The summed E-state index contributed by atoms with van der Waals surface area (Å²) in [4.78, 5) is 27.8. The second kappa shape index (κ2) is 9.99. The van der Waals surface area contributed by atoms with Crippen molar-refractivity contribution in [2.45, 2.75) is 26.7 Å². The minimum absolute atomic E-state index is 0.0390. The topological polar surface area (TPSA) is 66.4 Å². The third-order valence-corrected chi connectivity index (χ3v) is 7.61. The van der Waals surface area contributed by atoms with Gasteiger partial charge in [-0.25, -0.2) is 8.78 Å². The van der Waals surface area contributed by atoms with Gasteiger partial charge in [0, 0.05) is 30.2 Å². The summed E-state index contributed by atoms with van der Waals surface area (Å²) in [6, 6.07) is 21.0. The lowest BCUT2D eigenvalue weighted by Gasteiger charge is -2.29. The summed E-state index contributed by atoms with van der Waals surface area (Å²) in [7, 11) is 0. The number of ketones is 2. The fourth-order valence-corrected chi connectivity index (χ4v) is 6.12. The third kappa shape index (κ3) is 4.89. The highest BCUT2D eigenvalue weighted by atomic mass is 32.1. The minimum Gasteiger partial charge on any atom is -0.511 e. The van der Waals surface area contributed by atoms with Crippen LogP contribution in [0.3, 0.4) is 0 Å². The van der Waals surface area contributed by atoms with E-state index in [-0.39, 0.29) is 34.7 Å². The number of benzene rings is 3. The van der Waals surface area contributed by atoms with Crippen molar-refractivity contribution in [3.63, 3.8) is 0 Å². The van der Waals surface area contributed by atoms with E-state index in [2.05, 4.69) is 5.32 Å². The lowest BCUT2D eigenvalue weighted by atomic mass is 9.75. The number of allylic oxidation sites excluding steroid dienone is 2. The van der Waals surface area contributed by atoms with Crippen molar-refractivity contribution in [1.82, 2.24) is 0 Å². The Kier molecular flexibility index (Phi) is 6.71. The van der Waals surface area contributed by atoms with Crippen molar-refractivity contribution in [1.29, 1.82) is 0 Å². The van der Waals surface area contributed by atoms with E-state index in [1.54, 1.807) is 24.3 Å². The zero-order chi connectivity index (χ0) is 27.0. The van der Waals surface area contributed by atoms with Gasteiger partial charge in [0.25, 0.3) is 0 Å². The van der Waals surface area contributed by atoms with Crippen LogP contribution in [0.1, 0.15) is 47.5 Å². The smallest absolute Gasteiger partial charge is 0.199 e. The molecule has 0 amide bonds. The number of hydrogen-bond donors (Lipinski definition) is 2. The van der Waals surface area contributed by atoms with Crippen LogP contribution in [0.5, 0.6) is 0 Å². The van der Waals surface area contributed by atoms with Crippen LogP contribution in [0.2, 0.25) is 0 Å². The van der Waals surface area contributed by atoms with Gasteiger partial charge in [-0.1, -0.05) is 62.4 Å². The Morgan fingerprint density at radius 3 is 2.24 bits per heavy atom. The van der Waals surface area contributed by atoms with Crippen molar-refractivity contribution in [2.24, 2.45) is 5.41 Å². The normalized spacial score (nSPS) is 15.0.